The number of hydrogen-bond acceptors (Lipinski definition) is 6. The summed E-state index contributed by atoms with van der Waals surface area (Å²) in [6.07, 6.45) is 2.92. The van der Waals surface area contributed by atoms with Gasteiger partial charge in [-0.2, -0.15) is 4.98 Å². The number of aryl methyl sites for hydroxylation is 1. The summed E-state index contributed by atoms with van der Waals surface area (Å²) in [6, 6.07) is 6.04. The van der Waals surface area contributed by atoms with E-state index in [4.69, 9.17) is 4.52 Å². The SMILES string of the molecule is Cc1nc([C@H]2CCCN(C(=O)c3ccc(S(C)(=O)=O)cc3)C2)no1. The van der Waals surface area contributed by atoms with Crippen molar-refractivity contribution in [2.75, 3.05) is 19.3 Å². The Kier molecular flexibility index (Phi) is 4.40. The minimum Gasteiger partial charge on any atom is -0.340 e. The Morgan fingerprint density at radius 2 is 2.00 bits per heavy atom. The molecule has 1 aromatic heterocycles. The van der Waals surface area contributed by atoms with Gasteiger partial charge < -0.3 is 9.42 Å². The van der Waals surface area contributed by atoms with E-state index in [1.54, 1.807) is 24.0 Å². The molecule has 1 amide bonds. The van der Waals surface area contributed by atoms with Crippen LogP contribution in [0.3, 0.4) is 0 Å². The fraction of sp³-hybridized carbons (Fsp3) is 0.438. The van der Waals surface area contributed by atoms with E-state index in [-0.39, 0.29) is 16.7 Å². The van der Waals surface area contributed by atoms with Crippen molar-refractivity contribution in [3.05, 3.63) is 41.5 Å². The minimum atomic E-state index is -3.26. The van der Waals surface area contributed by atoms with Gasteiger partial charge in [0.1, 0.15) is 0 Å². The highest BCUT2D eigenvalue weighted by molar-refractivity contribution is 7.90. The fourth-order valence-electron chi connectivity index (χ4n) is 2.88. The van der Waals surface area contributed by atoms with E-state index >= 15 is 0 Å². The second kappa shape index (κ2) is 6.35. The largest absolute Gasteiger partial charge is 0.340 e. The first kappa shape index (κ1) is 16.6. The molecule has 8 heteroatoms. The molecule has 24 heavy (non-hydrogen) atoms. The molecule has 1 aromatic carbocycles. The highest BCUT2D eigenvalue weighted by Gasteiger charge is 2.28. The van der Waals surface area contributed by atoms with Gasteiger partial charge in [0.25, 0.3) is 5.91 Å². The van der Waals surface area contributed by atoms with Crippen LogP contribution in [0.5, 0.6) is 0 Å². The van der Waals surface area contributed by atoms with Crippen LogP contribution in [-0.2, 0) is 9.84 Å². The van der Waals surface area contributed by atoms with Crippen molar-refractivity contribution in [2.45, 2.75) is 30.6 Å². The summed E-state index contributed by atoms with van der Waals surface area (Å²) in [7, 11) is -3.26. The summed E-state index contributed by atoms with van der Waals surface area (Å²) in [4.78, 5) is 18.9. The number of carbonyl (C=O) groups is 1. The molecule has 0 aliphatic carbocycles. The monoisotopic (exact) mass is 349 g/mol. The summed E-state index contributed by atoms with van der Waals surface area (Å²) in [5.74, 6) is 1.11. The summed E-state index contributed by atoms with van der Waals surface area (Å²) < 4.78 is 28.0. The third-order valence-corrected chi connectivity index (χ3v) is 5.27. The fourth-order valence-corrected chi connectivity index (χ4v) is 3.51. The Labute approximate surface area is 140 Å². The van der Waals surface area contributed by atoms with Gasteiger partial charge in [0.2, 0.25) is 5.89 Å². The van der Waals surface area contributed by atoms with E-state index < -0.39 is 9.84 Å². The number of amides is 1. The summed E-state index contributed by atoms with van der Waals surface area (Å²) in [5, 5.41) is 3.95. The van der Waals surface area contributed by atoms with Crippen LogP contribution in [0.2, 0.25) is 0 Å². The van der Waals surface area contributed by atoms with Crippen molar-refractivity contribution >= 4 is 15.7 Å². The maximum Gasteiger partial charge on any atom is 0.253 e. The first-order chi connectivity index (χ1) is 11.3. The number of hydrogen-bond donors (Lipinski definition) is 0. The second-order valence-corrected chi connectivity index (χ2v) is 8.07. The zero-order chi connectivity index (χ0) is 17.3. The van der Waals surface area contributed by atoms with E-state index in [1.807, 2.05) is 0 Å². The number of likely N-dealkylation sites (tertiary alicyclic amines) is 1. The molecule has 2 heterocycles. The highest BCUT2D eigenvalue weighted by Crippen LogP contribution is 2.26. The maximum absolute atomic E-state index is 12.7. The van der Waals surface area contributed by atoms with Gasteiger partial charge in [0.15, 0.2) is 15.7 Å². The Hall–Kier alpha value is -2.22. The third kappa shape index (κ3) is 3.48. The number of piperidine rings is 1. The molecule has 1 aliphatic rings. The van der Waals surface area contributed by atoms with Gasteiger partial charge in [-0.1, -0.05) is 5.16 Å². The summed E-state index contributed by atoms with van der Waals surface area (Å²) in [5.41, 5.74) is 0.479. The zero-order valence-electron chi connectivity index (χ0n) is 13.6. The average Bonchev–Trinajstić information content (AvgIpc) is 3.00. The van der Waals surface area contributed by atoms with Gasteiger partial charge in [0, 0.05) is 37.8 Å². The lowest BCUT2D eigenvalue weighted by molar-refractivity contribution is 0.0703. The lowest BCUT2D eigenvalue weighted by Gasteiger charge is -2.31. The smallest absolute Gasteiger partial charge is 0.253 e. The average molecular weight is 349 g/mol. The number of carbonyl (C=O) groups excluding carboxylic acids is 1. The molecule has 0 saturated carbocycles. The lowest BCUT2D eigenvalue weighted by Crippen LogP contribution is -2.39. The Balaban J connectivity index is 1.74. The molecule has 1 fully saturated rings. The van der Waals surface area contributed by atoms with E-state index in [0.717, 1.165) is 19.1 Å². The van der Waals surface area contributed by atoms with E-state index in [2.05, 4.69) is 10.1 Å². The molecule has 0 N–H and O–H groups in total. The van der Waals surface area contributed by atoms with Crippen LogP contribution in [0.15, 0.2) is 33.7 Å². The maximum atomic E-state index is 12.7. The van der Waals surface area contributed by atoms with Crippen molar-refractivity contribution in [3.63, 3.8) is 0 Å². The normalized spacial score (nSPS) is 18.6. The molecule has 3 rings (SSSR count). The highest BCUT2D eigenvalue weighted by atomic mass is 32.2. The van der Waals surface area contributed by atoms with Crippen LogP contribution in [0.1, 0.15) is 40.8 Å². The molecular formula is C16H19N3O4S. The molecular weight excluding hydrogens is 330 g/mol. The standard InChI is InChI=1S/C16H19N3O4S/c1-11-17-15(18-23-11)13-4-3-9-19(10-13)16(20)12-5-7-14(8-6-12)24(2,21)22/h5-8,13H,3-4,9-10H2,1-2H3/t13-/m0/s1. The second-order valence-electron chi connectivity index (χ2n) is 6.06. The van der Waals surface area contributed by atoms with E-state index in [1.165, 1.54) is 12.1 Å². The number of rotatable bonds is 3. The molecule has 128 valence electrons. The lowest BCUT2D eigenvalue weighted by atomic mass is 9.96. The van der Waals surface area contributed by atoms with Crippen molar-refractivity contribution in [1.82, 2.24) is 15.0 Å². The predicted octanol–water partition coefficient (Wildman–Crippen LogP) is 1.80. The van der Waals surface area contributed by atoms with Crippen LogP contribution in [0.25, 0.3) is 0 Å². The predicted molar refractivity (Wildman–Crippen MR) is 86.5 cm³/mol. The van der Waals surface area contributed by atoms with Crippen molar-refractivity contribution in [3.8, 4) is 0 Å². The van der Waals surface area contributed by atoms with Gasteiger partial charge in [-0.25, -0.2) is 8.42 Å². The number of sulfone groups is 1. The molecule has 1 aliphatic heterocycles. The molecule has 7 nitrogen and oxygen atoms in total. The number of aromatic nitrogens is 2. The van der Waals surface area contributed by atoms with Crippen LogP contribution in [-0.4, -0.2) is 48.7 Å². The van der Waals surface area contributed by atoms with Crippen molar-refractivity contribution < 1.29 is 17.7 Å². The third-order valence-electron chi connectivity index (χ3n) is 4.15. The molecule has 0 spiro atoms. The summed E-state index contributed by atoms with van der Waals surface area (Å²) >= 11 is 0. The first-order valence-electron chi connectivity index (χ1n) is 7.74. The van der Waals surface area contributed by atoms with E-state index in [9.17, 15) is 13.2 Å². The van der Waals surface area contributed by atoms with Crippen LogP contribution < -0.4 is 0 Å². The zero-order valence-corrected chi connectivity index (χ0v) is 14.4. The molecule has 0 unspecified atom stereocenters. The molecule has 0 radical (unpaired) electrons. The van der Waals surface area contributed by atoms with Gasteiger partial charge >= 0.3 is 0 Å². The number of benzene rings is 1. The van der Waals surface area contributed by atoms with Crippen molar-refractivity contribution in [1.29, 1.82) is 0 Å². The topological polar surface area (TPSA) is 93.4 Å². The first-order valence-corrected chi connectivity index (χ1v) is 9.63. The minimum absolute atomic E-state index is 0.0652. The summed E-state index contributed by atoms with van der Waals surface area (Å²) in [6.45, 7) is 2.94. The Morgan fingerprint density at radius 1 is 1.29 bits per heavy atom. The van der Waals surface area contributed by atoms with Crippen LogP contribution >= 0.6 is 0 Å². The molecule has 1 atom stereocenters. The number of nitrogens with zero attached hydrogens (tertiary/aromatic N) is 3. The Morgan fingerprint density at radius 3 is 2.58 bits per heavy atom. The van der Waals surface area contributed by atoms with Gasteiger partial charge in [-0.05, 0) is 37.1 Å². The molecule has 2 aromatic rings. The van der Waals surface area contributed by atoms with Gasteiger partial charge in [-0.15, -0.1) is 0 Å². The van der Waals surface area contributed by atoms with Crippen LogP contribution in [0, 0.1) is 6.92 Å². The Bertz CT molecular complexity index is 842. The van der Waals surface area contributed by atoms with Crippen LogP contribution in [0.4, 0.5) is 0 Å². The quantitative estimate of drug-likeness (QED) is 0.839. The molecule has 0 bridgehead atoms. The molecule has 1 saturated heterocycles. The van der Waals surface area contributed by atoms with Gasteiger partial charge in [-0.3, -0.25) is 4.79 Å². The van der Waals surface area contributed by atoms with E-state index in [0.29, 0.717) is 30.4 Å². The van der Waals surface area contributed by atoms with Crippen molar-refractivity contribution in [2.24, 2.45) is 0 Å². The van der Waals surface area contributed by atoms with Gasteiger partial charge in [0.05, 0.1) is 4.90 Å².